The molecule has 2 aromatic rings. The molecule has 2 aromatic carbocycles. The van der Waals surface area contributed by atoms with Crippen molar-refractivity contribution in [3.8, 4) is 11.5 Å². The Morgan fingerprint density at radius 3 is 2.50 bits per heavy atom. The lowest BCUT2D eigenvalue weighted by Crippen LogP contribution is -2.16. The zero-order valence-electron chi connectivity index (χ0n) is 13.8. The minimum atomic E-state index is -0.251. The number of hydrogen-bond donors (Lipinski definition) is 1. The van der Waals surface area contributed by atoms with Crippen LogP contribution in [0, 0.1) is 5.82 Å². The molecular formula is C19H23ClFNO2. The van der Waals surface area contributed by atoms with Crippen LogP contribution in [-0.4, -0.2) is 12.6 Å². The molecule has 0 spiro atoms. The lowest BCUT2D eigenvalue weighted by atomic mass is 10.1. The van der Waals surface area contributed by atoms with Gasteiger partial charge in [0.15, 0.2) is 11.5 Å². The molecule has 0 amide bonds. The van der Waals surface area contributed by atoms with E-state index in [-0.39, 0.29) is 24.8 Å². The second-order valence-corrected chi connectivity index (χ2v) is 5.71. The van der Waals surface area contributed by atoms with Crippen LogP contribution in [0.25, 0.3) is 0 Å². The molecule has 0 unspecified atom stereocenters. The second kappa shape index (κ2) is 8.90. The monoisotopic (exact) mass is 351 g/mol. The molecule has 0 aliphatic heterocycles. The Labute approximate surface area is 148 Å². The predicted molar refractivity (Wildman–Crippen MR) is 95.5 cm³/mol. The Hall–Kier alpha value is -1.78. The van der Waals surface area contributed by atoms with Gasteiger partial charge in [0.25, 0.3) is 0 Å². The zero-order chi connectivity index (χ0) is 16.1. The van der Waals surface area contributed by atoms with E-state index in [4.69, 9.17) is 9.47 Å². The van der Waals surface area contributed by atoms with Crippen molar-refractivity contribution in [2.45, 2.75) is 39.0 Å². The van der Waals surface area contributed by atoms with Crippen LogP contribution in [-0.2, 0) is 13.2 Å². The maximum atomic E-state index is 13.8. The van der Waals surface area contributed by atoms with E-state index < -0.39 is 0 Å². The fraction of sp³-hybridized carbons (Fsp3) is 0.368. The number of rotatable bonds is 8. The van der Waals surface area contributed by atoms with E-state index in [1.54, 1.807) is 12.1 Å². The maximum Gasteiger partial charge on any atom is 0.166 e. The average molecular weight is 352 g/mol. The summed E-state index contributed by atoms with van der Waals surface area (Å²) in [6.07, 6.45) is 2.47. The standard InChI is InChI=1S/C19H22FNO2.ClH/c1-2-22-18-9-5-7-14(12-21-16-10-11-16)19(18)23-13-15-6-3-4-8-17(15)20;/h3-9,16,21H,2,10-13H2,1H3;1H. The third-order valence-corrected chi connectivity index (χ3v) is 3.85. The normalized spacial score (nSPS) is 13.2. The van der Waals surface area contributed by atoms with Gasteiger partial charge in [-0.05, 0) is 31.9 Å². The first kappa shape index (κ1) is 18.6. The van der Waals surface area contributed by atoms with E-state index in [1.165, 1.54) is 18.9 Å². The second-order valence-electron chi connectivity index (χ2n) is 5.71. The van der Waals surface area contributed by atoms with Gasteiger partial charge in [-0.15, -0.1) is 12.4 Å². The van der Waals surface area contributed by atoms with Gasteiger partial charge in [0.1, 0.15) is 12.4 Å². The van der Waals surface area contributed by atoms with Crippen LogP contribution in [0.1, 0.15) is 30.9 Å². The Kier molecular flexibility index (Phi) is 6.88. The number of halogens is 2. The Morgan fingerprint density at radius 2 is 1.79 bits per heavy atom. The van der Waals surface area contributed by atoms with Gasteiger partial charge in [-0.25, -0.2) is 4.39 Å². The van der Waals surface area contributed by atoms with Crippen LogP contribution >= 0.6 is 12.4 Å². The van der Waals surface area contributed by atoms with Crippen molar-refractivity contribution in [2.24, 2.45) is 0 Å². The predicted octanol–water partition coefficient (Wildman–Crippen LogP) is 4.48. The number of ether oxygens (including phenoxy) is 2. The summed E-state index contributed by atoms with van der Waals surface area (Å²) in [5.74, 6) is 1.16. The average Bonchev–Trinajstić information content (AvgIpc) is 3.38. The highest BCUT2D eigenvalue weighted by Gasteiger charge is 2.21. The molecule has 130 valence electrons. The molecule has 24 heavy (non-hydrogen) atoms. The maximum absolute atomic E-state index is 13.8. The van der Waals surface area contributed by atoms with Crippen LogP contribution in [0.2, 0.25) is 0 Å². The van der Waals surface area contributed by atoms with Crippen molar-refractivity contribution in [2.75, 3.05) is 6.61 Å². The molecule has 1 N–H and O–H groups in total. The van der Waals surface area contributed by atoms with Gasteiger partial charge in [-0.1, -0.05) is 30.3 Å². The van der Waals surface area contributed by atoms with Crippen molar-refractivity contribution in [1.29, 1.82) is 0 Å². The van der Waals surface area contributed by atoms with Crippen molar-refractivity contribution >= 4 is 12.4 Å². The van der Waals surface area contributed by atoms with Gasteiger partial charge in [0.2, 0.25) is 0 Å². The molecule has 0 bridgehead atoms. The first-order valence-corrected chi connectivity index (χ1v) is 8.12. The van der Waals surface area contributed by atoms with Crippen LogP contribution in [0.5, 0.6) is 11.5 Å². The van der Waals surface area contributed by atoms with Crippen molar-refractivity contribution in [1.82, 2.24) is 5.32 Å². The summed E-state index contributed by atoms with van der Waals surface area (Å²) in [6.45, 7) is 3.43. The third-order valence-electron chi connectivity index (χ3n) is 3.85. The molecule has 1 fully saturated rings. The smallest absolute Gasteiger partial charge is 0.166 e. The molecular weight excluding hydrogens is 329 g/mol. The molecule has 1 saturated carbocycles. The molecule has 0 saturated heterocycles. The van der Waals surface area contributed by atoms with Gasteiger partial charge in [-0.3, -0.25) is 0 Å². The summed E-state index contributed by atoms with van der Waals surface area (Å²) in [6, 6.07) is 13.2. The van der Waals surface area contributed by atoms with Crippen LogP contribution < -0.4 is 14.8 Å². The summed E-state index contributed by atoms with van der Waals surface area (Å²) >= 11 is 0. The van der Waals surface area contributed by atoms with Crippen molar-refractivity contribution < 1.29 is 13.9 Å². The number of hydrogen-bond acceptors (Lipinski definition) is 3. The lowest BCUT2D eigenvalue weighted by molar-refractivity contribution is 0.262. The first-order valence-electron chi connectivity index (χ1n) is 8.12. The lowest BCUT2D eigenvalue weighted by Gasteiger charge is -2.16. The molecule has 3 rings (SSSR count). The molecule has 0 aromatic heterocycles. The highest BCUT2D eigenvalue weighted by Crippen LogP contribution is 2.33. The largest absolute Gasteiger partial charge is 0.490 e. The zero-order valence-corrected chi connectivity index (χ0v) is 14.6. The summed E-state index contributed by atoms with van der Waals surface area (Å²) < 4.78 is 25.4. The van der Waals surface area contributed by atoms with Gasteiger partial charge >= 0.3 is 0 Å². The highest BCUT2D eigenvalue weighted by molar-refractivity contribution is 5.85. The molecule has 0 radical (unpaired) electrons. The van der Waals surface area contributed by atoms with Crippen molar-refractivity contribution in [3.63, 3.8) is 0 Å². The first-order chi connectivity index (χ1) is 11.3. The fourth-order valence-corrected chi connectivity index (χ4v) is 2.44. The van der Waals surface area contributed by atoms with E-state index in [0.29, 0.717) is 29.7 Å². The summed E-state index contributed by atoms with van der Waals surface area (Å²) in [4.78, 5) is 0. The molecule has 0 heterocycles. The van der Waals surface area contributed by atoms with E-state index in [9.17, 15) is 4.39 Å². The third kappa shape index (κ3) is 4.86. The minimum Gasteiger partial charge on any atom is -0.490 e. The van der Waals surface area contributed by atoms with E-state index >= 15 is 0 Å². The number of para-hydroxylation sites is 1. The molecule has 0 atom stereocenters. The van der Waals surface area contributed by atoms with Crippen LogP contribution in [0.3, 0.4) is 0 Å². The Bertz CT molecular complexity index is 662. The van der Waals surface area contributed by atoms with Crippen LogP contribution in [0.15, 0.2) is 42.5 Å². The Balaban J connectivity index is 0.00000208. The van der Waals surface area contributed by atoms with Gasteiger partial charge in [0, 0.05) is 23.7 Å². The summed E-state index contributed by atoms with van der Waals surface area (Å²) in [7, 11) is 0. The van der Waals surface area contributed by atoms with Crippen LogP contribution in [0.4, 0.5) is 4.39 Å². The van der Waals surface area contributed by atoms with Crippen molar-refractivity contribution in [3.05, 3.63) is 59.4 Å². The SMILES string of the molecule is CCOc1cccc(CNC2CC2)c1OCc1ccccc1F.Cl. The topological polar surface area (TPSA) is 30.5 Å². The van der Waals surface area contributed by atoms with Gasteiger partial charge in [-0.2, -0.15) is 0 Å². The fourth-order valence-electron chi connectivity index (χ4n) is 2.44. The molecule has 1 aliphatic carbocycles. The van der Waals surface area contributed by atoms with E-state index in [2.05, 4.69) is 5.32 Å². The molecule has 5 heteroatoms. The van der Waals surface area contributed by atoms with E-state index in [1.807, 2.05) is 31.2 Å². The molecule has 1 aliphatic rings. The number of nitrogens with one attached hydrogen (secondary N) is 1. The summed E-state index contributed by atoms with van der Waals surface area (Å²) in [5, 5.41) is 3.48. The van der Waals surface area contributed by atoms with E-state index in [0.717, 1.165) is 12.1 Å². The summed E-state index contributed by atoms with van der Waals surface area (Å²) in [5.41, 5.74) is 1.58. The Morgan fingerprint density at radius 1 is 1.04 bits per heavy atom. The minimum absolute atomic E-state index is 0. The highest BCUT2D eigenvalue weighted by atomic mass is 35.5. The quantitative estimate of drug-likeness (QED) is 0.760. The van der Waals surface area contributed by atoms with Gasteiger partial charge < -0.3 is 14.8 Å². The van der Waals surface area contributed by atoms with Gasteiger partial charge in [0.05, 0.1) is 6.61 Å². The molecule has 3 nitrogen and oxygen atoms in total. The number of benzene rings is 2.